The smallest absolute Gasteiger partial charge is 0.319 e. The van der Waals surface area contributed by atoms with Gasteiger partial charge in [-0.1, -0.05) is 36.5 Å². The Morgan fingerprint density at radius 2 is 2.08 bits per heavy atom. The van der Waals surface area contributed by atoms with Crippen molar-refractivity contribution in [3.05, 3.63) is 39.6 Å². The molecule has 0 aliphatic rings. The standard InChI is InChI=1S/C17H22Cl2N4O2/c1-4-5-8-20-17(24)21-16-11(2)22-23(12(16)3)10-25-15-7-6-13(18)9-14(15)19/h6-7,9H,4-5,8,10H2,1-3H3,(H2,20,21,24). The van der Waals surface area contributed by atoms with Gasteiger partial charge in [0.2, 0.25) is 0 Å². The molecule has 6 nitrogen and oxygen atoms in total. The van der Waals surface area contributed by atoms with Crippen LogP contribution >= 0.6 is 23.2 Å². The van der Waals surface area contributed by atoms with Gasteiger partial charge in [0.1, 0.15) is 5.75 Å². The first-order chi connectivity index (χ1) is 11.9. The number of benzene rings is 1. The number of rotatable bonds is 7. The summed E-state index contributed by atoms with van der Waals surface area (Å²) in [7, 11) is 0. The number of carbonyl (C=O) groups is 1. The average Bonchev–Trinajstić information content (AvgIpc) is 2.82. The maximum atomic E-state index is 11.9. The van der Waals surface area contributed by atoms with Gasteiger partial charge in [0.25, 0.3) is 0 Å². The molecule has 0 saturated carbocycles. The first kappa shape index (κ1) is 19.4. The summed E-state index contributed by atoms with van der Waals surface area (Å²) in [4.78, 5) is 11.9. The Morgan fingerprint density at radius 3 is 2.76 bits per heavy atom. The molecule has 0 unspecified atom stereocenters. The molecule has 0 aliphatic carbocycles. The lowest BCUT2D eigenvalue weighted by Crippen LogP contribution is -2.29. The quantitative estimate of drug-likeness (QED) is 0.675. The van der Waals surface area contributed by atoms with Crippen molar-refractivity contribution in [2.24, 2.45) is 0 Å². The van der Waals surface area contributed by atoms with Crippen molar-refractivity contribution in [1.29, 1.82) is 0 Å². The van der Waals surface area contributed by atoms with Crippen molar-refractivity contribution >= 4 is 34.9 Å². The Hall–Kier alpha value is -1.92. The summed E-state index contributed by atoms with van der Waals surface area (Å²) in [6, 6.07) is 4.79. The molecule has 0 bridgehead atoms. The van der Waals surface area contributed by atoms with Crippen LogP contribution in [-0.2, 0) is 6.73 Å². The SMILES string of the molecule is CCCCNC(=O)Nc1c(C)nn(COc2ccc(Cl)cc2Cl)c1C. The van der Waals surface area contributed by atoms with Crippen LogP contribution in [0.1, 0.15) is 31.2 Å². The monoisotopic (exact) mass is 384 g/mol. The molecule has 1 heterocycles. The van der Waals surface area contributed by atoms with E-state index < -0.39 is 0 Å². The maximum Gasteiger partial charge on any atom is 0.319 e. The number of ether oxygens (including phenoxy) is 1. The van der Waals surface area contributed by atoms with Crippen LogP contribution in [0.15, 0.2) is 18.2 Å². The highest BCUT2D eigenvalue weighted by Crippen LogP contribution is 2.28. The highest BCUT2D eigenvalue weighted by Gasteiger charge is 2.14. The number of nitrogens with zero attached hydrogens (tertiary/aromatic N) is 2. The summed E-state index contributed by atoms with van der Waals surface area (Å²) in [5.74, 6) is 0.519. The van der Waals surface area contributed by atoms with Crippen molar-refractivity contribution in [3.63, 3.8) is 0 Å². The minimum absolute atomic E-state index is 0.174. The van der Waals surface area contributed by atoms with Crippen molar-refractivity contribution in [2.75, 3.05) is 11.9 Å². The summed E-state index contributed by atoms with van der Waals surface area (Å²) in [6.07, 6.45) is 1.97. The van der Waals surface area contributed by atoms with Gasteiger partial charge >= 0.3 is 6.03 Å². The summed E-state index contributed by atoms with van der Waals surface area (Å²) in [6.45, 7) is 6.60. The van der Waals surface area contributed by atoms with Gasteiger partial charge in [-0.15, -0.1) is 0 Å². The van der Waals surface area contributed by atoms with Crippen molar-refractivity contribution in [1.82, 2.24) is 15.1 Å². The Labute approximate surface area is 157 Å². The third-order valence-electron chi connectivity index (χ3n) is 3.67. The van der Waals surface area contributed by atoms with Crippen LogP contribution in [0.25, 0.3) is 0 Å². The molecule has 0 radical (unpaired) electrons. The van der Waals surface area contributed by atoms with E-state index >= 15 is 0 Å². The van der Waals surface area contributed by atoms with Gasteiger partial charge in [0, 0.05) is 11.6 Å². The predicted octanol–water partition coefficient (Wildman–Crippen LogP) is 4.76. The van der Waals surface area contributed by atoms with Gasteiger partial charge in [-0.3, -0.25) is 0 Å². The average molecular weight is 385 g/mol. The van der Waals surface area contributed by atoms with Gasteiger partial charge < -0.3 is 15.4 Å². The number of unbranched alkanes of at least 4 members (excludes halogenated alkanes) is 1. The molecule has 136 valence electrons. The first-order valence-corrected chi connectivity index (χ1v) is 8.84. The molecule has 0 atom stereocenters. The summed E-state index contributed by atoms with van der Waals surface area (Å²) < 4.78 is 7.36. The molecule has 0 fully saturated rings. The van der Waals surface area contributed by atoms with E-state index in [4.69, 9.17) is 27.9 Å². The first-order valence-electron chi connectivity index (χ1n) is 8.09. The molecule has 0 spiro atoms. The van der Waals surface area contributed by atoms with E-state index in [9.17, 15) is 4.79 Å². The third kappa shape index (κ3) is 5.28. The number of hydrogen-bond donors (Lipinski definition) is 2. The van der Waals surface area contributed by atoms with Crippen LogP contribution in [0, 0.1) is 13.8 Å². The van der Waals surface area contributed by atoms with Crippen LogP contribution < -0.4 is 15.4 Å². The molecule has 0 saturated heterocycles. The van der Waals surface area contributed by atoms with Crippen molar-refractivity contribution in [3.8, 4) is 5.75 Å². The van der Waals surface area contributed by atoms with E-state index in [1.807, 2.05) is 13.8 Å². The molecule has 2 rings (SSSR count). The number of nitrogens with one attached hydrogen (secondary N) is 2. The molecule has 8 heteroatoms. The lowest BCUT2D eigenvalue weighted by atomic mass is 10.3. The van der Waals surface area contributed by atoms with Gasteiger partial charge in [0.15, 0.2) is 6.73 Å². The number of aromatic nitrogens is 2. The Kier molecular flexibility index (Phi) is 6.96. The largest absolute Gasteiger partial charge is 0.470 e. The van der Waals surface area contributed by atoms with Gasteiger partial charge in [-0.05, 0) is 38.5 Å². The van der Waals surface area contributed by atoms with Crippen LogP contribution in [0.2, 0.25) is 10.0 Å². The number of halogens is 2. The lowest BCUT2D eigenvalue weighted by Gasteiger charge is -2.10. The van der Waals surface area contributed by atoms with E-state index in [-0.39, 0.29) is 12.8 Å². The van der Waals surface area contributed by atoms with E-state index in [1.165, 1.54) is 0 Å². The molecule has 25 heavy (non-hydrogen) atoms. The number of amides is 2. The highest BCUT2D eigenvalue weighted by molar-refractivity contribution is 6.35. The fraction of sp³-hybridized carbons (Fsp3) is 0.412. The molecule has 2 amide bonds. The van der Waals surface area contributed by atoms with Crippen LogP contribution in [0.4, 0.5) is 10.5 Å². The second-order valence-corrected chi connectivity index (χ2v) is 6.47. The third-order valence-corrected chi connectivity index (χ3v) is 4.20. The zero-order valence-corrected chi connectivity index (χ0v) is 16.0. The van der Waals surface area contributed by atoms with E-state index in [0.717, 1.165) is 18.5 Å². The molecule has 1 aromatic carbocycles. The van der Waals surface area contributed by atoms with Crippen LogP contribution in [-0.4, -0.2) is 22.4 Å². The van der Waals surface area contributed by atoms with Gasteiger partial charge in [-0.2, -0.15) is 5.10 Å². The summed E-state index contributed by atoms with van der Waals surface area (Å²) in [5.41, 5.74) is 2.20. The Balaban J connectivity index is 2.02. The minimum Gasteiger partial charge on any atom is -0.470 e. The normalized spacial score (nSPS) is 10.6. The molecule has 2 aromatic rings. The maximum absolute atomic E-state index is 11.9. The fourth-order valence-corrected chi connectivity index (χ4v) is 2.73. The van der Waals surface area contributed by atoms with Gasteiger partial charge in [-0.25, -0.2) is 9.48 Å². The molecule has 1 aromatic heterocycles. The zero-order chi connectivity index (χ0) is 18.4. The van der Waals surface area contributed by atoms with E-state index in [1.54, 1.807) is 22.9 Å². The van der Waals surface area contributed by atoms with Crippen LogP contribution in [0.3, 0.4) is 0 Å². The predicted molar refractivity (Wildman–Crippen MR) is 101 cm³/mol. The second-order valence-electron chi connectivity index (χ2n) is 5.63. The number of urea groups is 1. The van der Waals surface area contributed by atoms with Gasteiger partial charge in [0.05, 0.1) is 22.1 Å². The highest BCUT2D eigenvalue weighted by atomic mass is 35.5. The van der Waals surface area contributed by atoms with E-state index in [0.29, 0.717) is 33.7 Å². The van der Waals surface area contributed by atoms with Crippen LogP contribution in [0.5, 0.6) is 5.75 Å². The lowest BCUT2D eigenvalue weighted by molar-refractivity contribution is 0.218. The molecule has 0 aliphatic heterocycles. The zero-order valence-electron chi connectivity index (χ0n) is 14.5. The summed E-state index contributed by atoms with van der Waals surface area (Å²) >= 11 is 12.0. The number of hydrogen-bond acceptors (Lipinski definition) is 3. The molecular weight excluding hydrogens is 363 g/mol. The topological polar surface area (TPSA) is 68.2 Å². The minimum atomic E-state index is -0.235. The van der Waals surface area contributed by atoms with Crippen molar-refractivity contribution < 1.29 is 9.53 Å². The number of aryl methyl sites for hydroxylation is 1. The molecular formula is C17H22Cl2N4O2. The molecule has 2 N–H and O–H groups in total. The Bertz CT molecular complexity index is 746. The fourth-order valence-electron chi connectivity index (χ4n) is 2.26. The Morgan fingerprint density at radius 1 is 1.32 bits per heavy atom. The number of carbonyl (C=O) groups excluding carboxylic acids is 1. The van der Waals surface area contributed by atoms with Crippen molar-refractivity contribution in [2.45, 2.75) is 40.3 Å². The second kappa shape index (κ2) is 8.97. The van der Waals surface area contributed by atoms with E-state index in [2.05, 4.69) is 22.7 Å². The number of anilines is 1. The summed E-state index contributed by atoms with van der Waals surface area (Å²) in [5, 5.41) is 11.0.